The molecule has 2 aromatic heterocycles. The zero-order valence-corrected chi connectivity index (χ0v) is 10.1. The highest BCUT2D eigenvalue weighted by Gasteiger charge is 2.16. The molecule has 86 valence electrons. The number of aromatic nitrogens is 4. The smallest absolute Gasteiger partial charge is 0.0958 e. The Hall–Kier alpha value is -1.27. The van der Waals surface area contributed by atoms with Gasteiger partial charge in [-0.25, -0.2) is 0 Å². The highest BCUT2D eigenvalue weighted by Crippen LogP contribution is 2.23. The van der Waals surface area contributed by atoms with Gasteiger partial charge in [-0.1, -0.05) is 11.4 Å². The van der Waals surface area contributed by atoms with Gasteiger partial charge in [0, 0.05) is 19.7 Å². The van der Waals surface area contributed by atoms with Crippen LogP contribution in [0.4, 0.5) is 0 Å². The second-order valence-corrected chi connectivity index (χ2v) is 4.47. The molecule has 2 rings (SSSR count). The Morgan fingerprint density at radius 3 is 3.00 bits per heavy atom. The Balaban J connectivity index is 2.11. The molecule has 5 nitrogen and oxygen atoms in total. The van der Waals surface area contributed by atoms with Crippen molar-refractivity contribution in [3.8, 4) is 0 Å². The van der Waals surface area contributed by atoms with Gasteiger partial charge in [0.15, 0.2) is 0 Å². The summed E-state index contributed by atoms with van der Waals surface area (Å²) in [6, 6.07) is 0. The highest BCUT2D eigenvalue weighted by atomic mass is 32.1. The van der Waals surface area contributed by atoms with Gasteiger partial charge in [0.1, 0.15) is 0 Å². The van der Waals surface area contributed by atoms with Crippen LogP contribution in [0.2, 0.25) is 0 Å². The topological polar surface area (TPSA) is 63.8 Å². The Kier molecular flexibility index (Phi) is 3.31. The molecular formula is C10H14N4OS. The summed E-state index contributed by atoms with van der Waals surface area (Å²) in [5.41, 5.74) is 1.91. The lowest BCUT2D eigenvalue weighted by Gasteiger charge is -2.07. The highest BCUT2D eigenvalue weighted by molar-refractivity contribution is 7.05. The fraction of sp³-hybridized carbons (Fsp3) is 0.500. The van der Waals surface area contributed by atoms with Crippen LogP contribution >= 0.6 is 11.5 Å². The van der Waals surface area contributed by atoms with E-state index in [9.17, 15) is 5.11 Å². The summed E-state index contributed by atoms with van der Waals surface area (Å²) in [5, 5.41) is 18.1. The van der Waals surface area contributed by atoms with Crippen molar-refractivity contribution in [2.45, 2.75) is 25.9 Å². The molecule has 16 heavy (non-hydrogen) atoms. The van der Waals surface area contributed by atoms with Crippen molar-refractivity contribution in [1.29, 1.82) is 0 Å². The zero-order chi connectivity index (χ0) is 11.5. The van der Waals surface area contributed by atoms with Crippen molar-refractivity contribution in [2.24, 2.45) is 7.05 Å². The minimum atomic E-state index is -0.529. The molecule has 1 atom stereocenters. The second kappa shape index (κ2) is 4.71. The van der Waals surface area contributed by atoms with Gasteiger partial charge in [0.05, 0.1) is 22.9 Å². The molecule has 0 amide bonds. The molecule has 6 heteroatoms. The fourth-order valence-corrected chi connectivity index (χ4v) is 2.33. The average molecular weight is 238 g/mol. The van der Waals surface area contributed by atoms with Crippen molar-refractivity contribution >= 4 is 11.5 Å². The molecule has 0 aliphatic rings. The van der Waals surface area contributed by atoms with Crippen molar-refractivity contribution in [3.63, 3.8) is 0 Å². The largest absolute Gasteiger partial charge is 0.387 e. The molecule has 0 aromatic carbocycles. The Morgan fingerprint density at radius 1 is 1.56 bits per heavy atom. The van der Waals surface area contributed by atoms with Crippen molar-refractivity contribution in [2.75, 3.05) is 0 Å². The lowest BCUT2D eigenvalue weighted by molar-refractivity contribution is 0.181. The van der Waals surface area contributed by atoms with E-state index in [2.05, 4.69) is 14.7 Å². The Bertz CT molecular complexity index is 465. The number of hydrogen-bond acceptors (Lipinski definition) is 5. The molecule has 0 fully saturated rings. The summed E-state index contributed by atoms with van der Waals surface area (Å²) < 4.78 is 5.60. The summed E-state index contributed by atoms with van der Waals surface area (Å²) in [4.78, 5) is 0.867. The molecule has 0 radical (unpaired) electrons. The first-order valence-corrected chi connectivity index (χ1v) is 5.94. The van der Waals surface area contributed by atoms with Crippen LogP contribution in [0.15, 0.2) is 12.4 Å². The summed E-state index contributed by atoms with van der Waals surface area (Å²) in [5.74, 6) is 0. The number of aryl methyl sites for hydroxylation is 2. The van der Waals surface area contributed by atoms with E-state index in [1.54, 1.807) is 10.9 Å². The molecule has 2 aromatic rings. The molecule has 0 bridgehead atoms. The van der Waals surface area contributed by atoms with Crippen LogP contribution in [0.25, 0.3) is 0 Å². The quantitative estimate of drug-likeness (QED) is 0.866. The Morgan fingerprint density at radius 2 is 2.38 bits per heavy atom. The summed E-state index contributed by atoms with van der Waals surface area (Å²) in [6.45, 7) is 2.01. The van der Waals surface area contributed by atoms with E-state index in [4.69, 9.17) is 0 Å². The maximum Gasteiger partial charge on any atom is 0.0958 e. The normalized spacial score (nSPS) is 12.9. The van der Waals surface area contributed by atoms with Crippen molar-refractivity contribution < 1.29 is 5.11 Å². The van der Waals surface area contributed by atoms with Gasteiger partial charge in [-0.2, -0.15) is 5.10 Å². The number of nitrogens with zero attached hydrogens (tertiary/aromatic N) is 4. The predicted molar refractivity (Wildman–Crippen MR) is 61.2 cm³/mol. The van der Waals surface area contributed by atoms with Gasteiger partial charge >= 0.3 is 0 Å². The molecule has 1 unspecified atom stereocenters. The van der Waals surface area contributed by atoms with E-state index in [0.717, 1.165) is 22.6 Å². The molecular weight excluding hydrogens is 224 g/mol. The van der Waals surface area contributed by atoms with E-state index >= 15 is 0 Å². The van der Waals surface area contributed by atoms with Crippen molar-refractivity contribution in [1.82, 2.24) is 19.4 Å². The van der Waals surface area contributed by atoms with E-state index in [0.29, 0.717) is 6.42 Å². The summed E-state index contributed by atoms with van der Waals surface area (Å²) in [6.07, 6.45) is 4.51. The monoisotopic (exact) mass is 238 g/mol. The molecule has 0 spiro atoms. The minimum absolute atomic E-state index is 0.529. The molecule has 1 N–H and O–H groups in total. The summed E-state index contributed by atoms with van der Waals surface area (Å²) in [7, 11) is 1.86. The first-order valence-electron chi connectivity index (χ1n) is 5.17. The Labute approximate surface area is 97.9 Å². The van der Waals surface area contributed by atoms with Gasteiger partial charge in [0.2, 0.25) is 0 Å². The summed E-state index contributed by atoms with van der Waals surface area (Å²) >= 11 is 1.27. The molecule has 0 saturated carbocycles. The minimum Gasteiger partial charge on any atom is -0.387 e. The standard InChI is InChI=1S/C10H14N4OS/c1-3-8-10(16-13-12-8)9(15)4-7-5-11-14(2)6-7/h5-6,9,15H,3-4H2,1-2H3. The first kappa shape index (κ1) is 11.2. The number of aliphatic hydroxyl groups is 1. The van der Waals surface area contributed by atoms with Crippen molar-refractivity contribution in [3.05, 3.63) is 28.5 Å². The molecule has 2 heterocycles. The van der Waals surface area contributed by atoms with Crippen LogP contribution in [-0.4, -0.2) is 24.5 Å². The van der Waals surface area contributed by atoms with Crippen LogP contribution in [-0.2, 0) is 19.9 Å². The predicted octanol–water partition coefficient (Wildman–Crippen LogP) is 1.11. The third-order valence-corrected chi connectivity index (χ3v) is 3.28. The average Bonchev–Trinajstić information content (AvgIpc) is 2.86. The SMILES string of the molecule is CCc1nnsc1C(O)Cc1cnn(C)c1. The number of aliphatic hydroxyl groups excluding tert-OH is 1. The lowest BCUT2D eigenvalue weighted by Crippen LogP contribution is -2.02. The van der Waals surface area contributed by atoms with Gasteiger partial charge in [-0.05, 0) is 23.5 Å². The van der Waals surface area contributed by atoms with Gasteiger partial charge < -0.3 is 5.11 Å². The third-order valence-electron chi connectivity index (χ3n) is 2.41. The maximum absolute atomic E-state index is 10.1. The van der Waals surface area contributed by atoms with E-state index in [-0.39, 0.29) is 0 Å². The lowest BCUT2D eigenvalue weighted by atomic mass is 10.1. The zero-order valence-electron chi connectivity index (χ0n) is 9.29. The number of hydrogen-bond donors (Lipinski definition) is 1. The maximum atomic E-state index is 10.1. The van der Waals surface area contributed by atoms with Gasteiger partial charge in [-0.3, -0.25) is 4.68 Å². The van der Waals surface area contributed by atoms with Gasteiger partial charge in [-0.15, -0.1) is 5.10 Å². The molecule has 0 aliphatic heterocycles. The van der Waals surface area contributed by atoms with Gasteiger partial charge in [0.25, 0.3) is 0 Å². The molecule has 0 saturated heterocycles. The van der Waals surface area contributed by atoms with Crippen LogP contribution in [0.5, 0.6) is 0 Å². The third kappa shape index (κ3) is 2.28. The number of rotatable bonds is 4. The van der Waals surface area contributed by atoms with E-state index in [1.165, 1.54) is 11.5 Å². The van der Waals surface area contributed by atoms with E-state index in [1.807, 2.05) is 20.2 Å². The van der Waals surface area contributed by atoms with Crippen LogP contribution in [0, 0.1) is 0 Å². The first-order chi connectivity index (χ1) is 7.70. The van der Waals surface area contributed by atoms with Crippen LogP contribution < -0.4 is 0 Å². The van der Waals surface area contributed by atoms with Crippen LogP contribution in [0.1, 0.15) is 29.2 Å². The van der Waals surface area contributed by atoms with Crippen LogP contribution in [0.3, 0.4) is 0 Å². The fourth-order valence-electron chi connectivity index (χ4n) is 1.61. The second-order valence-electron chi connectivity index (χ2n) is 3.68. The van der Waals surface area contributed by atoms with E-state index < -0.39 is 6.10 Å². The molecule has 0 aliphatic carbocycles.